The number of hydrogen-bond donors (Lipinski definition) is 1. The molecule has 2 aromatic rings. The van der Waals surface area contributed by atoms with Gasteiger partial charge in [-0.3, -0.25) is 9.78 Å². The average Bonchev–Trinajstić information content (AvgIpc) is 2.98. The van der Waals surface area contributed by atoms with E-state index in [2.05, 4.69) is 24.1 Å². The van der Waals surface area contributed by atoms with Crippen LogP contribution in [0, 0.1) is 0 Å². The third kappa shape index (κ3) is 4.86. The molecule has 0 aliphatic heterocycles. The standard InChI is InChI=1S/C16H20N2O2S/c1-12(2)15-9-13(11-21-15)16(19)18-7-4-8-20-14-5-3-6-17-10-14/h3,5-6,9-12H,4,7-8H2,1-2H3,(H,18,19). The van der Waals surface area contributed by atoms with Gasteiger partial charge >= 0.3 is 0 Å². The summed E-state index contributed by atoms with van der Waals surface area (Å²) in [5.74, 6) is 1.20. The van der Waals surface area contributed by atoms with Crippen molar-refractivity contribution in [3.63, 3.8) is 0 Å². The van der Waals surface area contributed by atoms with Crippen molar-refractivity contribution in [2.45, 2.75) is 26.2 Å². The normalized spacial score (nSPS) is 10.6. The molecule has 2 heterocycles. The Kier molecular flexibility index (Phi) is 5.75. The fourth-order valence-corrected chi connectivity index (χ4v) is 2.68. The highest BCUT2D eigenvalue weighted by atomic mass is 32.1. The number of nitrogens with zero attached hydrogens (tertiary/aromatic N) is 1. The molecule has 1 N–H and O–H groups in total. The number of carbonyl (C=O) groups is 1. The maximum Gasteiger partial charge on any atom is 0.252 e. The van der Waals surface area contributed by atoms with E-state index in [4.69, 9.17) is 4.74 Å². The van der Waals surface area contributed by atoms with Crippen molar-refractivity contribution >= 4 is 17.2 Å². The minimum Gasteiger partial charge on any atom is -0.492 e. The molecule has 112 valence electrons. The van der Waals surface area contributed by atoms with Crippen LogP contribution in [0.1, 0.15) is 41.4 Å². The summed E-state index contributed by atoms with van der Waals surface area (Å²) in [4.78, 5) is 17.2. The first-order valence-corrected chi connectivity index (χ1v) is 7.94. The quantitative estimate of drug-likeness (QED) is 0.797. The van der Waals surface area contributed by atoms with Gasteiger partial charge in [-0.1, -0.05) is 13.8 Å². The molecule has 0 saturated carbocycles. The lowest BCUT2D eigenvalue weighted by atomic mass is 10.1. The molecular formula is C16H20N2O2S. The van der Waals surface area contributed by atoms with E-state index < -0.39 is 0 Å². The number of nitrogens with one attached hydrogen (secondary N) is 1. The Balaban J connectivity index is 1.67. The van der Waals surface area contributed by atoms with Crippen LogP contribution in [0.5, 0.6) is 5.75 Å². The first-order chi connectivity index (χ1) is 10.2. The van der Waals surface area contributed by atoms with Crippen LogP contribution in [-0.4, -0.2) is 24.0 Å². The predicted octanol–water partition coefficient (Wildman–Crippen LogP) is 3.47. The molecule has 0 bridgehead atoms. The van der Waals surface area contributed by atoms with E-state index in [0.717, 1.165) is 17.7 Å². The summed E-state index contributed by atoms with van der Waals surface area (Å²) in [6, 6.07) is 5.67. The number of rotatable bonds is 7. The summed E-state index contributed by atoms with van der Waals surface area (Å²) in [6.45, 7) is 5.42. The minimum absolute atomic E-state index is 0.0143. The molecular weight excluding hydrogens is 284 g/mol. The first-order valence-electron chi connectivity index (χ1n) is 7.06. The SMILES string of the molecule is CC(C)c1cc(C(=O)NCCCOc2cccnc2)cs1. The summed E-state index contributed by atoms with van der Waals surface area (Å²) in [5, 5.41) is 4.82. The number of pyridine rings is 1. The molecule has 0 aromatic carbocycles. The Morgan fingerprint density at radius 2 is 2.33 bits per heavy atom. The fraction of sp³-hybridized carbons (Fsp3) is 0.375. The van der Waals surface area contributed by atoms with Crippen LogP contribution >= 0.6 is 11.3 Å². The van der Waals surface area contributed by atoms with Crippen molar-refractivity contribution in [3.05, 3.63) is 46.4 Å². The van der Waals surface area contributed by atoms with Gasteiger partial charge in [0.25, 0.3) is 5.91 Å². The molecule has 1 amide bonds. The molecule has 0 radical (unpaired) electrons. The van der Waals surface area contributed by atoms with Crippen molar-refractivity contribution in [1.82, 2.24) is 10.3 Å². The van der Waals surface area contributed by atoms with Crippen molar-refractivity contribution in [2.24, 2.45) is 0 Å². The van der Waals surface area contributed by atoms with E-state index in [9.17, 15) is 4.79 Å². The van der Waals surface area contributed by atoms with Gasteiger partial charge in [0.15, 0.2) is 0 Å². The summed E-state index contributed by atoms with van der Waals surface area (Å²) in [7, 11) is 0. The molecule has 0 spiro atoms. The maximum atomic E-state index is 12.0. The van der Waals surface area contributed by atoms with Gasteiger partial charge in [0.2, 0.25) is 0 Å². The molecule has 2 rings (SSSR count). The third-order valence-corrected chi connectivity index (χ3v) is 4.19. The molecule has 2 aromatic heterocycles. The zero-order chi connectivity index (χ0) is 15.1. The number of hydrogen-bond acceptors (Lipinski definition) is 4. The Labute approximate surface area is 129 Å². The van der Waals surface area contributed by atoms with E-state index in [1.165, 1.54) is 4.88 Å². The highest BCUT2D eigenvalue weighted by molar-refractivity contribution is 7.10. The van der Waals surface area contributed by atoms with Crippen molar-refractivity contribution in [2.75, 3.05) is 13.2 Å². The fourth-order valence-electron chi connectivity index (χ4n) is 1.77. The summed E-state index contributed by atoms with van der Waals surface area (Å²) < 4.78 is 5.52. The van der Waals surface area contributed by atoms with Crippen molar-refractivity contribution in [3.8, 4) is 5.75 Å². The van der Waals surface area contributed by atoms with Crippen LogP contribution in [0.25, 0.3) is 0 Å². The van der Waals surface area contributed by atoms with Gasteiger partial charge in [0.1, 0.15) is 5.75 Å². The van der Waals surface area contributed by atoms with E-state index in [1.54, 1.807) is 23.7 Å². The van der Waals surface area contributed by atoms with Gasteiger partial charge in [0.05, 0.1) is 18.4 Å². The summed E-state index contributed by atoms with van der Waals surface area (Å²) in [5.41, 5.74) is 0.747. The second-order valence-electron chi connectivity index (χ2n) is 5.04. The predicted molar refractivity (Wildman–Crippen MR) is 85.1 cm³/mol. The van der Waals surface area contributed by atoms with Gasteiger partial charge in [-0.25, -0.2) is 0 Å². The number of ether oxygens (including phenoxy) is 1. The van der Waals surface area contributed by atoms with Gasteiger partial charge in [-0.05, 0) is 30.5 Å². The zero-order valence-electron chi connectivity index (χ0n) is 12.3. The maximum absolute atomic E-state index is 12.0. The van der Waals surface area contributed by atoms with Gasteiger partial charge < -0.3 is 10.1 Å². The monoisotopic (exact) mass is 304 g/mol. The minimum atomic E-state index is -0.0143. The Hall–Kier alpha value is -1.88. The van der Waals surface area contributed by atoms with Crippen LogP contribution in [0.3, 0.4) is 0 Å². The smallest absolute Gasteiger partial charge is 0.252 e. The lowest BCUT2D eigenvalue weighted by molar-refractivity contribution is 0.0952. The molecule has 0 aliphatic carbocycles. The molecule has 4 nitrogen and oxygen atoms in total. The Morgan fingerprint density at radius 3 is 3.00 bits per heavy atom. The molecule has 5 heteroatoms. The Bertz CT molecular complexity index is 567. The second kappa shape index (κ2) is 7.78. The molecule has 0 fully saturated rings. The van der Waals surface area contributed by atoms with Gasteiger partial charge in [0, 0.05) is 23.0 Å². The molecule has 0 unspecified atom stereocenters. The number of carbonyl (C=O) groups excluding carboxylic acids is 1. The van der Waals surface area contributed by atoms with Crippen molar-refractivity contribution < 1.29 is 9.53 Å². The van der Waals surface area contributed by atoms with E-state index in [-0.39, 0.29) is 5.91 Å². The average molecular weight is 304 g/mol. The lowest BCUT2D eigenvalue weighted by Crippen LogP contribution is -2.25. The van der Waals surface area contributed by atoms with E-state index in [0.29, 0.717) is 19.1 Å². The topological polar surface area (TPSA) is 51.2 Å². The lowest BCUT2D eigenvalue weighted by Gasteiger charge is -2.06. The van der Waals surface area contributed by atoms with E-state index in [1.807, 2.05) is 23.6 Å². The first kappa shape index (κ1) is 15.5. The van der Waals surface area contributed by atoms with Crippen LogP contribution in [-0.2, 0) is 0 Å². The van der Waals surface area contributed by atoms with Crippen LogP contribution < -0.4 is 10.1 Å². The highest BCUT2D eigenvalue weighted by Crippen LogP contribution is 2.22. The van der Waals surface area contributed by atoms with E-state index >= 15 is 0 Å². The van der Waals surface area contributed by atoms with Gasteiger partial charge in [-0.15, -0.1) is 11.3 Å². The number of aromatic nitrogens is 1. The zero-order valence-corrected chi connectivity index (χ0v) is 13.2. The number of amides is 1. The van der Waals surface area contributed by atoms with Crippen molar-refractivity contribution in [1.29, 1.82) is 0 Å². The van der Waals surface area contributed by atoms with Crippen LogP contribution in [0.4, 0.5) is 0 Å². The molecule has 0 atom stereocenters. The van der Waals surface area contributed by atoms with Crippen LogP contribution in [0.15, 0.2) is 36.0 Å². The third-order valence-electron chi connectivity index (χ3n) is 2.96. The summed E-state index contributed by atoms with van der Waals surface area (Å²) >= 11 is 1.63. The largest absolute Gasteiger partial charge is 0.492 e. The molecule has 21 heavy (non-hydrogen) atoms. The number of thiophene rings is 1. The highest BCUT2D eigenvalue weighted by Gasteiger charge is 2.09. The second-order valence-corrected chi connectivity index (χ2v) is 5.98. The Morgan fingerprint density at radius 1 is 1.48 bits per heavy atom. The summed E-state index contributed by atoms with van der Waals surface area (Å²) in [6.07, 6.45) is 4.15. The van der Waals surface area contributed by atoms with Gasteiger partial charge in [-0.2, -0.15) is 0 Å². The molecule has 0 aliphatic rings. The van der Waals surface area contributed by atoms with Crippen LogP contribution in [0.2, 0.25) is 0 Å². The molecule has 0 saturated heterocycles.